The van der Waals surface area contributed by atoms with Gasteiger partial charge in [-0.3, -0.25) is 4.98 Å². The summed E-state index contributed by atoms with van der Waals surface area (Å²) in [5.41, 5.74) is 3.50. The molecule has 0 aliphatic carbocycles. The lowest BCUT2D eigenvalue weighted by Crippen LogP contribution is -2.08. The third-order valence-corrected chi connectivity index (χ3v) is 4.17. The van der Waals surface area contributed by atoms with Gasteiger partial charge >= 0.3 is 0 Å². The Morgan fingerprint density at radius 3 is 2.90 bits per heavy atom. The van der Waals surface area contributed by atoms with E-state index in [0.29, 0.717) is 5.69 Å². The Hall–Kier alpha value is -1.94. The summed E-state index contributed by atoms with van der Waals surface area (Å²) in [4.78, 5) is 4.42. The van der Waals surface area contributed by atoms with Crippen LogP contribution >= 0.6 is 11.3 Å². The van der Waals surface area contributed by atoms with Gasteiger partial charge in [0.2, 0.25) is 0 Å². The second-order valence-electron chi connectivity index (χ2n) is 4.92. The molecule has 20 heavy (non-hydrogen) atoms. The molecule has 4 heteroatoms. The van der Waals surface area contributed by atoms with Gasteiger partial charge in [0, 0.05) is 6.20 Å². The number of rotatable bonds is 3. The van der Waals surface area contributed by atoms with E-state index in [-0.39, 0.29) is 11.9 Å². The number of nitrogens with one attached hydrogen (secondary N) is 1. The van der Waals surface area contributed by atoms with E-state index in [9.17, 15) is 4.39 Å². The molecule has 0 radical (unpaired) electrons. The van der Waals surface area contributed by atoms with Crippen molar-refractivity contribution in [3.63, 3.8) is 0 Å². The molecule has 1 atom stereocenters. The van der Waals surface area contributed by atoms with Crippen LogP contribution in [0.5, 0.6) is 0 Å². The van der Waals surface area contributed by atoms with Crippen LogP contribution in [0.3, 0.4) is 0 Å². The SMILES string of the molecule is Cc1ccc(NC(C)c2cnc3ccsc3c2)c(F)c1. The Labute approximate surface area is 121 Å². The smallest absolute Gasteiger partial charge is 0.146 e. The standard InChI is InChI=1S/C16H15FN2S/c1-10-3-4-14(13(17)7-10)19-11(2)12-8-16-15(18-9-12)5-6-20-16/h3-9,11,19H,1-2H3. The Bertz CT molecular complexity index is 751. The molecule has 0 saturated heterocycles. The number of halogens is 1. The molecular formula is C16H15FN2S. The first-order valence-corrected chi connectivity index (χ1v) is 7.37. The highest BCUT2D eigenvalue weighted by molar-refractivity contribution is 7.17. The predicted molar refractivity (Wildman–Crippen MR) is 82.8 cm³/mol. The molecule has 0 aliphatic heterocycles. The molecule has 102 valence electrons. The number of aryl methyl sites for hydroxylation is 1. The van der Waals surface area contributed by atoms with E-state index < -0.39 is 0 Å². The molecule has 1 N–H and O–H groups in total. The first-order chi connectivity index (χ1) is 9.63. The maximum atomic E-state index is 13.9. The molecule has 2 heterocycles. The molecule has 2 nitrogen and oxygen atoms in total. The van der Waals surface area contributed by atoms with Crippen molar-refractivity contribution in [3.05, 3.63) is 58.9 Å². The topological polar surface area (TPSA) is 24.9 Å². The van der Waals surface area contributed by atoms with Gasteiger partial charge in [0.25, 0.3) is 0 Å². The van der Waals surface area contributed by atoms with Crippen LogP contribution in [0.2, 0.25) is 0 Å². The van der Waals surface area contributed by atoms with E-state index >= 15 is 0 Å². The first-order valence-electron chi connectivity index (χ1n) is 6.49. The van der Waals surface area contributed by atoms with Gasteiger partial charge in [0.15, 0.2) is 0 Å². The maximum Gasteiger partial charge on any atom is 0.146 e. The van der Waals surface area contributed by atoms with Crippen molar-refractivity contribution in [2.75, 3.05) is 5.32 Å². The van der Waals surface area contributed by atoms with E-state index in [4.69, 9.17) is 0 Å². The van der Waals surface area contributed by atoms with Crippen LogP contribution in [0.25, 0.3) is 10.2 Å². The lowest BCUT2D eigenvalue weighted by molar-refractivity contribution is 0.626. The zero-order valence-corrected chi connectivity index (χ0v) is 12.2. The maximum absolute atomic E-state index is 13.9. The fourth-order valence-electron chi connectivity index (χ4n) is 2.15. The Balaban J connectivity index is 1.86. The van der Waals surface area contributed by atoms with Crippen molar-refractivity contribution in [3.8, 4) is 0 Å². The summed E-state index contributed by atoms with van der Waals surface area (Å²) < 4.78 is 15.0. The molecule has 0 aliphatic rings. The first kappa shape index (κ1) is 13.1. The Kier molecular flexibility index (Phi) is 3.40. The lowest BCUT2D eigenvalue weighted by Gasteiger charge is -2.16. The number of anilines is 1. The highest BCUT2D eigenvalue weighted by Gasteiger charge is 2.10. The van der Waals surface area contributed by atoms with Gasteiger partial charge in [-0.05, 0) is 54.6 Å². The average Bonchev–Trinajstić information content (AvgIpc) is 2.89. The minimum Gasteiger partial charge on any atom is -0.376 e. The molecule has 3 aromatic rings. The number of hydrogen-bond acceptors (Lipinski definition) is 3. The van der Waals surface area contributed by atoms with E-state index in [1.807, 2.05) is 37.6 Å². The van der Waals surface area contributed by atoms with E-state index in [0.717, 1.165) is 21.3 Å². The number of pyridine rings is 1. The van der Waals surface area contributed by atoms with Crippen LogP contribution in [0.1, 0.15) is 24.1 Å². The molecule has 0 fully saturated rings. The number of nitrogens with zero attached hydrogens (tertiary/aromatic N) is 1. The second-order valence-corrected chi connectivity index (χ2v) is 5.87. The lowest BCUT2D eigenvalue weighted by atomic mass is 10.1. The summed E-state index contributed by atoms with van der Waals surface area (Å²) in [6.45, 7) is 3.89. The Morgan fingerprint density at radius 1 is 1.25 bits per heavy atom. The predicted octanol–water partition coefficient (Wildman–Crippen LogP) is 4.92. The zero-order valence-electron chi connectivity index (χ0n) is 11.4. The van der Waals surface area contributed by atoms with E-state index in [1.54, 1.807) is 17.4 Å². The fraction of sp³-hybridized carbons (Fsp3) is 0.188. The van der Waals surface area contributed by atoms with Crippen molar-refractivity contribution < 1.29 is 4.39 Å². The van der Waals surface area contributed by atoms with Crippen LogP contribution in [-0.2, 0) is 0 Å². The monoisotopic (exact) mass is 286 g/mol. The number of aromatic nitrogens is 1. The summed E-state index contributed by atoms with van der Waals surface area (Å²) in [5.74, 6) is -0.220. The van der Waals surface area contributed by atoms with Crippen molar-refractivity contribution >= 4 is 27.2 Å². The van der Waals surface area contributed by atoms with Gasteiger partial charge in [0.1, 0.15) is 5.82 Å². The van der Waals surface area contributed by atoms with Gasteiger partial charge in [-0.15, -0.1) is 11.3 Å². The number of fused-ring (bicyclic) bond motifs is 1. The summed E-state index contributed by atoms with van der Waals surface area (Å²) >= 11 is 1.67. The van der Waals surface area contributed by atoms with Gasteiger partial charge < -0.3 is 5.32 Å². The highest BCUT2D eigenvalue weighted by Crippen LogP contribution is 2.26. The molecule has 2 aromatic heterocycles. The minimum atomic E-state index is -0.220. The number of hydrogen-bond donors (Lipinski definition) is 1. The molecule has 3 rings (SSSR count). The molecule has 1 aromatic carbocycles. The van der Waals surface area contributed by atoms with Gasteiger partial charge in [0.05, 0.1) is 21.9 Å². The largest absolute Gasteiger partial charge is 0.376 e. The second kappa shape index (κ2) is 5.21. The van der Waals surface area contributed by atoms with Crippen molar-refractivity contribution in [2.24, 2.45) is 0 Å². The molecule has 0 spiro atoms. The van der Waals surface area contributed by atoms with Crippen molar-refractivity contribution in [1.82, 2.24) is 4.98 Å². The molecular weight excluding hydrogens is 271 g/mol. The summed E-state index contributed by atoms with van der Waals surface area (Å²) in [5, 5.41) is 5.23. The van der Waals surface area contributed by atoms with Gasteiger partial charge in [-0.25, -0.2) is 4.39 Å². The molecule has 0 amide bonds. The van der Waals surface area contributed by atoms with E-state index in [1.165, 1.54) is 6.07 Å². The summed E-state index contributed by atoms with van der Waals surface area (Å²) in [6.07, 6.45) is 1.85. The summed E-state index contributed by atoms with van der Waals surface area (Å²) in [6, 6.07) is 9.33. The third-order valence-electron chi connectivity index (χ3n) is 3.32. The highest BCUT2D eigenvalue weighted by atomic mass is 32.1. The quantitative estimate of drug-likeness (QED) is 0.739. The van der Waals surface area contributed by atoms with E-state index in [2.05, 4.69) is 16.4 Å². The normalized spacial score (nSPS) is 12.6. The van der Waals surface area contributed by atoms with Gasteiger partial charge in [-0.1, -0.05) is 6.07 Å². The molecule has 1 unspecified atom stereocenters. The third kappa shape index (κ3) is 2.51. The Morgan fingerprint density at radius 2 is 2.10 bits per heavy atom. The zero-order chi connectivity index (χ0) is 14.1. The number of benzene rings is 1. The van der Waals surface area contributed by atoms with Crippen molar-refractivity contribution in [1.29, 1.82) is 0 Å². The fourth-order valence-corrected chi connectivity index (χ4v) is 2.94. The molecule has 0 saturated carbocycles. The van der Waals surface area contributed by atoms with Crippen LogP contribution in [0.4, 0.5) is 10.1 Å². The number of thiophene rings is 1. The van der Waals surface area contributed by atoms with Gasteiger partial charge in [-0.2, -0.15) is 0 Å². The minimum absolute atomic E-state index is 0.00575. The van der Waals surface area contributed by atoms with Crippen LogP contribution < -0.4 is 5.32 Å². The van der Waals surface area contributed by atoms with Crippen LogP contribution in [-0.4, -0.2) is 4.98 Å². The van der Waals surface area contributed by atoms with Crippen LogP contribution in [0, 0.1) is 12.7 Å². The van der Waals surface area contributed by atoms with Crippen molar-refractivity contribution in [2.45, 2.75) is 19.9 Å². The summed E-state index contributed by atoms with van der Waals surface area (Å²) in [7, 11) is 0. The average molecular weight is 286 g/mol. The molecule has 0 bridgehead atoms. The van der Waals surface area contributed by atoms with Crippen LogP contribution in [0.15, 0.2) is 41.9 Å².